The van der Waals surface area contributed by atoms with Gasteiger partial charge in [-0.3, -0.25) is 0 Å². The SMILES string of the molecule is CC[Si](CN(CCCN(C)C)CCCN(C)C)(OC)OC. The standard InChI is InChI=1S/C15H37N3O2Si/c1-8-21(19-6,20-7)15-18(13-9-11-16(2)3)14-10-12-17(4)5/h8-15H2,1-7H3. The van der Waals surface area contributed by atoms with Gasteiger partial charge in [0.05, 0.1) is 0 Å². The van der Waals surface area contributed by atoms with Gasteiger partial charge in [0.15, 0.2) is 0 Å². The molecule has 0 heterocycles. The van der Waals surface area contributed by atoms with E-state index in [1.807, 2.05) is 0 Å². The third kappa shape index (κ3) is 9.60. The minimum atomic E-state index is -2.04. The molecule has 0 aliphatic heterocycles. The summed E-state index contributed by atoms with van der Waals surface area (Å²) in [6, 6.07) is 0.998. The topological polar surface area (TPSA) is 28.2 Å². The molecule has 0 aromatic heterocycles. The summed E-state index contributed by atoms with van der Waals surface area (Å²) in [5.74, 6) is 0. The second-order valence-corrected chi connectivity index (χ2v) is 9.92. The molecule has 0 saturated heterocycles. The molecule has 0 aromatic rings. The van der Waals surface area contributed by atoms with Gasteiger partial charge in [-0.15, -0.1) is 0 Å². The van der Waals surface area contributed by atoms with Gasteiger partial charge in [0.2, 0.25) is 0 Å². The molecule has 0 saturated carbocycles. The summed E-state index contributed by atoms with van der Waals surface area (Å²) >= 11 is 0. The quantitative estimate of drug-likeness (QED) is 0.480. The highest BCUT2D eigenvalue weighted by Gasteiger charge is 2.35. The average molecular weight is 320 g/mol. The van der Waals surface area contributed by atoms with E-state index in [2.05, 4.69) is 49.8 Å². The molecule has 5 nitrogen and oxygen atoms in total. The summed E-state index contributed by atoms with van der Waals surface area (Å²) in [4.78, 5) is 7.03. The van der Waals surface area contributed by atoms with Crippen LogP contribution < -0.4 is 0 Å². The molecule has 0 unspecified atom stereocenters. The number of nitrogens with zero attached hydrogens (tertiary/aromatic N) is 3. The van der Waals surface area contributed by atoms with Gasteiger partial charge < -0.3 is 23.6 Å². The van der Waals surface area contributed by atoms with Crippen LogP contribution in [0.15, 0.2) is 0 Å². The summed E-state index contributed by atoms with van der Waals surface area (Å²) in [6.45, 7) is 6.67. The third-order valence-electron chi connectivity index (χ3n) is 3.91. The van der Waals surface area contributed by atoms with Crippen LogP contribution in [0.1, 0.15) is 19.8 Å². The summed E-state index contributed by atoms with van der Waals surface area (Å²) in [5, 5.41) is 0. The molecule has 0 atom stereocenters. The molecule has 0 N–H and O–H groups in total. The normalized spacial score (nSPS) is 12.9. The maximum absolute atomic E-state index is 5.78. The van der Waals surface area contributed by atoms with Gasteiger partial charge in [0, 0.05) is 20.4 Å². The van der Waals surface area contributed by atoms with Gasteiger partial charge in [0.1, 0.15) is 0 Å². The number of hydrogen-bond acceptors (Lipinski definition) is 5. The average Bonchev–Trinajstić information content (AvgIpc) is 2.43. The van der Waals surface area contributed by atoms with Crippen molar-refractivity contribution < 1.29 is 8.85 Å². The van der Waals surface area contributed by atoms with Gasteiger partial charge >= 0.3 is 8.56 Å². The van der Waals surface area contributed by atoms with Crippen LogP contribution in [0.5, 0.6) is 0 Å². The van der Waals surface area contributed by atoms with E-state index in [9.17, 15) is 0 Å². The van der Waals surface area contributed by atoms with Crippen LogP contribution in [0.4, 0.5) is 0 Å². The molecule has 0 bridgehead atoms. The van der Waals surface area contributed by atoms with Crippen molar-refractivity contribution in [1.29, 1.82) is 0 Å². The molecule has 0 radical (unpaired) electrons. The van der Waals surface area contributed by atoms with Crippen molar-refractivity contribution >= 4 is 8.56 Å². The van der Waals surface area contributed by atoms with Crippen molar-refractivity contribution in [3.05, 3.63) is 0 Å². The predicted molar refractivity (Wildman–Crippen MR) is 93.0 cm³/mol. The third-order valence-corrected chi connectivity index (χ3v) is 7.40. The Balaban J connectivity index is 4.46. The molecular weight excluding hydrogens is 282 g/mol. The van der Waals surface area contributed by atoms with Crippen LogP contribution in [0.25, 0.3) is 0 Å². The van der Waals surface area contributed by atoms with Gasteiger partial charge in [0.25, 0.3) is 0 Å². The smallest absolute Gasteiger partial charge is 0.351 e. The largest absolute Gasteiger partial charge is 0.397 e. The number of rotatable bonds is 13. The number of hydrogen-bond donors (Lipinski definition) is 0. The predicted octanol–water partition coefficient (Wildman–Crippen LogP) is 1.49. The maximum atomic E-state index is 5.78. The first kappa shape index (κ1) is 21.0. The molecule has 0 fully saturated rings. The monoisotopic (exact) mass is 319 g/mol. The second-order valence-electron chi connectivity index (χ2n) is 6.26. The summed E-state index contributed by atoms with van der Waals surface area (Å²) < 4.78 is 11.6. The fourth-order valence-corrected chi connectivity index (χ4v) is 4.67. The van der Waals surface area contributed by atoms with E-state index in [4.69, 9.17) is 8.85 Å². The molecule has 0 spiro atoms. The lowest BCUT2D eigenvalue weighted by atomic mass is 10.3. The zero-order valence-corrected chi connectivity index (χ0v) is 16.3. The second kappa shape index (κ2) is 11.6. The van der Waals surface area contributed by atoms with Crippen molar-refractivity contribution in [1.82, 2.24) is 14.7 Å². The molecule has 21 heavy (non-hydrogen) atoms. The Hall–Kier alpha value is 0.0169. The Morgan fingerprint density at radius 3 is 1.48 bits per heavy atom. The van der Waals surface area contributed by atoms with Crippen LogP contribution >= 0.6 is 0 Å². The van der Waals surface area contributed by atoms with E-state index >= 15 is 0 Å². The molecule has 0 aromatic carbocycles. The minimum Gasteiger partial charge on any atom is -0.397 e. The zero-order valence-electron chi connectivity index (χ0n) is 15.3. The Labute approximate surface area is 133 Å². The Bertz CT molecular complexity index is 227. The van der Waals surface area contributed by atoms with Crippen molar-refractivity contribution in [2.75, 3.05) is 74.8 Å². The van der Waals surface area contributed by atoms with Crippen molar-refractivity contribution in [3.8, 4) is 0 Å². The van der Waals surface area contributed by atoms with Gasteiger partial charge in [-0.05, 0) is 73.3 Å². The van der Waals surface area contributed by atoms with Crippen molar-refractivity contribution in [3.63, 3.8) is 0 Å². The van der Waals surface area contributed by atoms with Crippen LogP contribution in [0, 0.1) is 0 Å². The highest BCUT2D eigenvalue weighted by molar-refractivity contribution is 6.67. The van der Waals surface area contributed by atoms with E-state index in [1.165, 1.54) is 12.8 Å². The van der Waals surface area contributed by atoms with Crippen LogP contribution in [-0.4, -0.2) is 98.0 Å². The Kier molecular flexibility index (Phi) is 11.6. The molecule has 0 aliphatic carbocycles. The lowest BCUT2D eigenvalue weighted by Gasteiger charge is -2.33. The van der Waals surface area contributed by atoms with E-state index in [0.29, 0.717) is 0 Å². The Morgan fingerprint density at radius 2 is 1.19 bits per heavy atom. The molecule has 128 valence electrons. The van der Waals surface area contributed by atoms with E-state index in [-0.39, 0.29) is 0 Å². The summed E-state index contributed by atoms with van der Waals surface area (Å²) in [6.07, 6.45) is 3.35. The maximum Gasteiger partial charge on any atom is 0.351 e. The molecule has 0 aliphatic rings. The van der Waals surface area contributed by atoms with Crippen LogP contribution in [0.2, 0.25) is 6.04 Å². The zero-order chi connectivity index (χ0) is 16.3. The van der Waals surface area contributed by atoms with Gasteiger partial charge in [-0.25, -0.2) is 0 Å². The summed E-state index contributed by atoms with van der Waals surface area (Å²) in [5.41, 5.74) is 0. The van der Waals surface area contributed by atoms with Gasteiger partial charge in [-0.2, -0.15) is 0 Å². The first-order valence-electron chi connectivity index (χ1n) is 8.01. The van der Waals surface area contributed by atoms with Crippen molar-refractivity contribution in [2.24, 2.45) is 0 Å². The Morgan fingerprint density at radius 1 is 0.762 bits per heavy atom. The highest BCUT2D eigenvalue weighted by atomic mass is 28.4. The highest BCUT2D eigenvalue weighted by Crippen LogP contribution is 2.14. The fraction of sp³-hybridized carbons (Fsp3) is 1.00. The summed E-state index contributed by atoms with van der Waals surface area (Å²) in [7, 11) is 10.1. The lowest BCUT2D eigenvalue weighted by molar-refractivity contribution is 0.195. The van der Waals surface area contributed by atoms with E-state index in [0.717, 1.165) is 38.4 Å². The van der Waals surface area contributed by atoms with E-state index in [1.54, 1.807) is 14.2 Å². The lowest BCUT2D eigenvalue weighted by Crippen LogP contribution is -2.51. The van der Waals surface area contributed by atoms with Crippen LogP contribution in [0.3, 0.4) is 0 Å². The molecule has 0 rings (SSSR count). The first-order valence-corrected chi connectivity index (χ1v) is 10.2. The first-order chi connectivity index (χ1) is 9.89. The van der Waals surface area contributed by atoms with Crippen LogP contribution in [-0.2, 0) is 8.85 Å². The van der Waals surface area contributed by atoms with Crippen molar-refractivity contribution in [2.45, 2.75) is 25.8 Å². The molecular formula is C15H37N3O2Si. The van der Waals surface area contributed by atoms with Gasteiger partial charge in [-0.1, -0.05) is 6.92 Å². The minimum absolute atomic E-state index is 0.970. The fourth-order valence-electron chi connectivity index (χ4n) is 2.44. The molecule has 0 amide bonds. The molecule has 6 heteroatoms. The van der Waals surface area contributed by atoms with E-state index < -0.39 is 8.56 Å².